The van der Waals surface area contributed by atoms with Crippen molar-refractivity contribution in [1.29, 1.82) is 0 Å². The average molecular weight is 385 g/mol. The Bertz CT molecular complexity index is 548. The van der Waals surface area contributed by atoms with Crippen LogP contribution in [0.1, 0.15) is 5.69 Å². The van der Waals surface area contributed by atoms with Crippen LogP contribution in [0.15, 0.2) is 21.5 Å². The lowest BCUT2D eigenvalue weighted by Gasteiger charge is -1.99. The van der Waals surface area contributed by atoms with Crippen LogP contribution >= 0.6 is 46.3 Å². The second-order valence-corrected chi connectivity index (χ2v) is 5.42. The Morgan fingerprint density at radius 3 is 3.00 bits per heavy atom. The molecular weight excluding hydrogens is 379 g/mol. The number of nitrogens with zero attached hydrogens (tertiary/aromatic N) is 1. The Balaban J connectivity index is 3.01. The van der Waals surface area contributed by atoms with Crippen molar-refractivity contribution >= 4 is 57.2 Å². The zero-order valence-corrected chi connectivity index (χ0v) is 11.7. The van der Waals surface area contributed by atoms with E-state index >= 15 is 0 Å². The van der Waals surface area contributed by atoms with E-state index in [4.69, 9.17) is 0 Å². The average Bonchev–Trinajstić information content (AvgIpc) is 2.50. The summed E-state index contributed by atoms with van der Waals surface area (Å²) < 4.78 is 2.83. The maximum Gasteiger partial charge on any atom is 0.273 e. The molecule has 0 saturated carbocycles. The van der Waals surface area contributed by atoms with Gasteiger partial charge in [0.1, 0.15) is 5.52 Å². The van der Waals surface area contributed by atoms with Gasteiger partial charge < -0.3 is 4.98 Å². The van der Waals surface area contributed by atoms with Crippen molar-refractivity contribution in [3.05, 3.63) is 32.8 Å². The van der Waals surface area contributed by atoms with Gasteiger partial charge in [0.05, 0.1) is 0 Å². The number of H-pyrrole nitrogens is 1. The van der Waals surface area contributed by atoms with Gasteiger partial charge in [0.2, 0.25) is 0 Å². The molecule has 0 bridgehead atoms. The van der Waals surface area contributed by atoms with E-state index < -0.39 is 0 Å². The zero-order valence-electron chi connectivity index (χ0n) is 7.17. The molecule has 2 heterocycles. The third kappa shape index (κ3) is 1.53. The Hall–Kier alpha value is 0.0500. The minimum Gasteiger partial charge on any atom is -0.326 e. The van der Waals surface area contributed by atoms with Crippen molar-refractivity contribution in [3.63, 3.8) is 0 Å². The molecule has 0 aliphatic heterocycles. The monoisotopic (exact) mass is 384 g/mol. The molecule has 0 aliphatic rings. The summed E-state index contributed by atoms with van der Waals surface area (Å²) in [6.45, 7) is 1.98. The molecule has 2 rings (SSSR count). The number of fused-ring (bicyclic) bond motifs is 1. The smallest absolute Gasteiger partial charge is 0.273 e. The summed E-state index contributed by atoms with van der Waals surface area (Å²) in [5.74, 6) is 0. The molecule has 3 nitrogen and oxygen atoms in total. The van der Waals surface area contributed by atoms with Gasteiger partial charge in [-0.25, -0.2) is 0 Å². The lowest BCUT2D eigenvalue weighted by Crippen LogP contribution is -2.07. The first kappa shape index (κ1) is 10.6. The van der Waals surface area contributed by atoms with Crippen molar-refractivity contribution < 1.29 is 0 Å². The Morgan fingerprint density at radius 2 is 2.36 bits per heavy atom. The minimum atomic E-state index is -0.0551. The summed E-state index contributed by atoms with van der Waals surface area (Å²) in [5, 5.41) is 0.954. The van der Waals surface area contributed by atoms with Crippen LogP contribution in [0.25, 0.3) is 10.9 Å². The number of aromatic amines is 1. The van der Waals surface area contributed by atoms with E-state index in [1.807, 2.05) is 17.0 Å². The summed E-state index contributed by atoms with van der Waals surface area (Å²) in [4.78, 5) is 14.3. The van der Waals surface area contributed by atoms with Crippen LogP contribution in [0.4, 0.5) is 0 Å². The van der Waals surface area contributed by atoms with Crippen molar-refractivity contribution in [2.75, 3.05) is 0 Å². The molecule has 74 valence electrons. The van der Waals surface area contributed by atoms with E-state index in [9.17, 15) is 4.79 Å². The van der Waals surface area contributed by atoms with Crippen LogP contribution in [-0.2, 0) is 0 Å². The number of aromatic nitrogens is 2. The normalized spacial score (nSPS) is 11.1. The van der Waals surface area contributed by atoms with E-state index in [0.717, 1.165) is 15.6 Å². The van der Waals surface area contributed by atoms with E-state index in [-0.39, 0.29) is 5.56 Å². The molecule has 1 N–H and O–H groups in total. The van der Waals surface area contributed by atoms with Crippen LogP contribution in [0.2, 0.25) is 0 Å². The fourth-order valence-electron chi connectivity index (χ4n) is 1.38. The van der Waals surface area contributed by atoms with E-state index in [0.29, 0.717) is 5.52 Å². The molecule has 14 heavy (non-hydrogen) atoms. The Kier molecular flexibility index (Phi) is 2.94. The number of rotatable bonds is 1. The standard InChI is InChI=1S/C8H6BrIN2OS/c1-4-2-5-6(9)3-11-8(13)7(5)12(4)14-10/h2-3H,1H3,(H,11,13). The quantitative estimate of drug-likeness (QED) is 0.766. The summed E-state index contributed by atoms with van der Waals surface area (Å²) >= 11 is 5.58. The third-order valence-corrected chi connectivity index (χ3v) is 4.45. The minimum absolute atomic E-state index is 0.0551. The highest BCUT2D eigenvalue weighted by Crippen LogP contribution is 2.29. The largest absolute Gasteiger partial charge is 0.326 e. The predicted molar refractivity (Wildman–Crippen MR) is 72.0 cm³/mol. The third-order valence-electron chi connectivity index (χ3n) is 2.00. The van der Waals surface area contributed by atoms with Gasteiger partial charge in [-0.3, -0.25) is 8.77 Å². The van der Waals surface area contributed by atoms with Gasteiger partial charge in [0.25, 0.3) is 5.56 Å². The number of hydrogen-bond acceptors (Lipinski definition) is 2. The molecule has 0 spiro atoms. The van der Waals surface area contributed by atoms with Crippen LogP contribution in [0.5, 0.6) is 0 Å². The van der Waals surface area contributed by atoms with Gasteiger partial charge in [-0.2, -0.15) is 0 Å². The fourth-order valence-corrected chi connectivity index (χ4v) is 3.73. The predicted octanol–water partition coefficient (Wildman–Crippen LogP) is 3.25. The first-order valence-electron chi connectivity index (χ1n) is 3.83. The molecule has 0 atom stereocenters. The molecule has 0 saturated heterocycles. The lowest BCUT2D eigenvalue weighted by atomic mass is 10.3. The van der Waals surface area contributed by atoms with Crippen LogP contribution in [0.3, 0.4) is 0 Å². The highest BCUT2D eigenvalue weighted by atomic mass is 127. The fraction of sp³-hybridized carbons (Fsp3) is 0.125. The van der Waals surface area contributed by atoms with Crippen molar-refractivity contribution in [3.8, 4) is 0 Å². The highest BCUT2D eigenvalue weighted by molar-refractivity contribution is 14.2. The first-order valence-corrected chi connectivity index (χ1v) is 7.94. The topological polar surface area (TPSA) is 37.8 Å². The van der Waals surface area contributed by atoms with E-state index in [1.165, 1.54) is 9.12 Å². The summed E-state index contributed by atoms with van der Waals surface area (Å²) in [6, 6.07) is 2.00. The van der Waals surface area contributed by atoms with Crippen molar-refractivity contribution in [2.24, 2.45) is 0 Å². The number of halogens is 2. The maximum absolute atomic E-state index is 11.6. The molecule has 0 amide bonds. The molecule has 0 aliphatic carbocycles. The maximum atomic E-state index is 11.6. The molecule has 0 fully saturated rings. The van der Waals surface area contributed by atoms with Gasteiger partial charge in [0.15, 0.2) is 0 Å². The summed E-state index contributed by atoms with van der Waals surface area (Å²) in [5.41, 5.74) is 1.72. The Labute approximate surface area is 105 Å². The SMILES string of the molecule is Cc1cc2c(Br)c[nH]c(=O)c2n1SI. The number of pyridine rings is 1. The molecule has 2 aromatic heterocycles. The highest BCUT2D eigenvalue weighted by Gasteiger charge is 2.11. The van der Waals surface area contributed by atoms with Gasteiger partial charge in [0, 0.05) is 52.1 Å². The van der Waals surface area contributed by atoms with Crippen LogP contribution in [0, 0.1) is 6.92 Å². The van der Waals surface area contributed by atoms with Crippen LogP contribution in [-0.4, -0.2) is 8.96 Å². The number of aryl methyl sites for hydroxylation is 1. The number of nitrogens with one attached hydrogen (secondary N) is 1. The van der Waals surface area contributed by atoms with Gasteiger partial charge in [-0.05, 0) is 28.9 Å². The van der Waals surface area contributed by atoms with Crippen molar-refractivity contribution in [2.45, 2.75) is 6.92 Å². The van der Waals surface area contributed by atoms with Gasteiger partial charge in [-0.1, -0.05) is 0 Å². The van der Waals surface area contributed by atoms with E-state index in [2.05, 4.69) is 42.1 Å². The number of hydrogen-bond donors (Lipinski definition) is 1. The lowest BCUT2D eigenvalue weighted by molar-refractivity contribution is 1.18. The summed E-state index contributed by atoms with van der Waals surface area (Å²) in [7, 11) is 1.50. The summed E-state index contributed by atoms with van der Waals surface area (Å²) in [6.07, 6.45) is 1.67. The van der Waals surface area contributed by atoms with Crippen molar-refractivity contribution in [1.82, 2.24) is 8.96 Å². The molecule has 0 aromatic carbocycles. The van der Waals surface area contributed by atoms with Crippen LogP contribution < -0.4 is 5.56 Å². The molecular formula is C8H6BrIN2OS. The second kappa shape index (κ2) is 3.90. The van der Waals surface area contributed by atoms with Gasteiger partial charge >= 0.3 is 0 Å². The van der Waals surface area contributed by atoms with Gasteiger partial charge in [-0.15, -0.1) is 0 Å². The molecule has 0 unspecified atom stereocenters. The zero-order chi connectivity index (χ0) is 10.3. The Morgan fingerprint density at radius 1 is 1.64 bits per heavy atom. The molecule has 6 heteroatoms. The van der Waals surface area contributed by atoms with E-state index in [1.54, 1.807) is 6.20 Å². The second-order valence-electron chi connectivity index (χ2n) is 2.88. The molecule has 2 aromatic rings. The molecule has 0 radical (unpaired) electrons. The first-order chi connectivity index (χ1) is 6.65.